The Kier molecular flexibility index (Phi) is 5.33. The Hall–Kier alpha value is -3.74. The fourth-order valence-corrected chi connectivity index (χ4v) is 6.61. The predicted octanol–water partition coefficient (Wildman–Crippen LogP) is 3.63. The Morgan fingerprint density at radius 1 is 1.23 bits per heavy atom. The molecule has 2 fully saturated rings. The predicted molar refractivity (Wildman–Crippen MR) is 136 cm³/mol. The summed E-state index contributed by atoms with van der Waals surface area (Å²) in [4.78, 5) is 27.1. The summed E-state index contributed by atoms with van der Waals surface area (Å²) in [5.41, 5.74) is 8.34. The third kappa shape index (κ3) is 3.69. The van der Waals surface area contributed by atoms with E-state index in [9.17, 15) is 18.0 Å². The Bertz CT molecular complexity index is 1580. The van der Waals surface area contributed by atoms with Crippen molar-refractivity contribution in [2.75, 3.05) is 17.2 Å². The second-order valence-corrected chi connectivity index (χ2v) is 10.9. The number of aryl methyl sites for hydroxylation is 2. The molecule has 2 bridgehead atoms. The maximum atomic E-state index is 16.5. The highest BCUT2D eigenvalue weighted by Crippen LogP contribution is 2.48. The first-order valence-corrected chi connectivity index (χ1v) is 12.6. The number of nitrogen functional groups attached to an aromatic ring is 1. The summed E-state index contributed by atoms with van der Waals surface area (Å²) in [6, 6.07) is 0.691. The molecule has 0 aromatic carbocycles. The minimum Gasteiger partial charge on any atom is -0.472 e. The average molecular weight is 546 g/mol. The van der Waals surface area contributed by atoms with E-state index in [2.05, 4.69) is 27.2 Å². The Morgan fingerprint density at radius 2 is 1.95 bits per heavy atom. The zero-order valence-corrected chi connectivity index (χ0v) is 21.7. The maximum absolute atomic E-state index is 16.5. The lowest BCUT2D eigenvalue weighted by Crippen LogP contribution is -2.66. The van der Waals surface area contributed by atoms with Crippen molar-refractivity contribution in [3.63, 3.8) is 0 Å². The van der Waals surface area contributed by atoms with Crippen LogP contribution in [0.5, 0.6) is 5.88 Å². The van der Waals surface area contributed by atoms with E-state index in [1.54, 1.807) is 0 Å². The van der Waals surface area contributed by atoms with E-state index in [-0.39, 0.29) is 57.2 Å². The number of anilines is 2. The van der Waals surface area contributed by atoms with E-state index in [0.29, 0.717) is 6.54 Å². The molecular formula is C26H27F4N7O2. The molecule has 0 aliphatic carbocycles. The number of nitrogens with one attached hydrogen (secondary N) is 1. The van der Waals surface area contributed by atoms with Crippen LogP contribution in [0.25, 0.3) is 22.0 Å². The number of aromatic nitrogens is 3. The fraction of sp³-hybridized carbons (Fsp3) is 0.462. The minimum atomic E-state index is -4.87. The second-order valence-electron chi connectivity index (χ2n) is 10.9. The van der Waals surface area contributed by atoms with E-state index in [1.807, 2.05) is 11.8 Å². The van der Waals surface area contributed by atoms with Gasteiger partial charge in [0, 0.05) is 29.1 Å². The number of carbonyl (C=O) groups excluding carboxylic acids is 1. The number of rotatable bonds is 2. The molecule has 4 atom stereocenters. The first-order valence-electron chi connectivity index (χ1n) is 12.6. The molecule has 4 unspecified atom stereocenters. The summed E-state index contributed by atoms with van der Waals surface area (Å²) in [5.74, 6) is -1.98. The number of hydrogen-bond acceptors (Lipinski definition) is 8. The first kappa shape index (κ1) is 25.5. The van der Waals surface area contributed by atoms with Crippen molar-refractivity contribution in [2.24, 2.45) is 5.73 Å². The minimum absolute atomic E-state index is 0.00652. The van der Waals surface area contributed by atoms with Crippen molar-refractivity contribution >= 4 is 28.3 Å². The largest absolute Gasteiger partial charge is 0.472 e. The van der Waals surface area contributed by atoms with Crippen molar-refractivity contribution in [3.8, 4) is 17.1 Å². The molecule has 6 rings (SSSR count). The van der Waals surface area contributed by atoms with Gasteiger partial charge in [-0.25, -0.2) is 19.3 Å². The Labute approximate surface area is 220 Å². The number of hydrogen-bond donors (Lipinski definition) is 3. The van der Waals surface area contributed by atoms with Gasteiger partial charge in [-0.05, 0) is 52.2 Å². The van der Waals surface area contributed by atoms with Crippen LogP contribution in [-0.4, -0.2) is 51.1 Å². The van der Waals surface area contributed by atoms with Crippen LogP contribution in [0.2, 0.25) is 0 Å². The Balaban J connectivity index is 1.72. The third-order valence-corrected chi connectivity index (χ3v) is 8.15. The molecule has 6 heterocycles. The topological polar surface area (TPSA) is 132 Å². The number of carbonyl (C=O) groups is 1. The van der Waals surface area contributed by atoms with Crippen LogP contribution in [0, 0.1) is 19.7 Å². The van der Waals surface area contributed by atoms with Crippen LogP contribution in [0.1, 0.15) is 54.0 Å². The van der Waals surface area contributed by atoms with Crippen molar-refractivity contribution in [2.45, 2.75) is 70.4 Å². The number of piperazine rings is 1. The smallest absolute Gasteiger partial charge is 0.418 e. The number of nitrogens with zero attached hydrogens (tertiary/aromatic N) is 4. The lowest BCUT2D eigenvalue weighted by molar-refractivity contribution is -0.137. The van der Waals surface area contributed by atoms with Gasteiger partial charge in [-0.15, -0.1) is 0 Å². The zero-order valence-electron chi connectivity index (χ0n) is 21.7. The molecule has 39 heavy (non-hydrogen) atoms. The molecule has 206 valence electrons. The molecule has 3 aromatic heterocycles. The molecule has 0 saturated carbocycles. The lowest BCUT2D eigenvalue weighted by atomic mass is 9.95. The van der Waals surface area contributed by atoms with Crippen molar-refractivity contribution in [1.82, 2.24) is 20.3 Å². The first-order chi connectivity index (χ1) is 18.2. The van der Waals surface area contributed by atoms with E-state index in [0.717, 1.165) is 25.8 Å². The van der Waals surface area contributed by atoms with Gasteiger partial charge in [0.2, 0.25) is 5.88 Å². The molecule has 1 amide bonds. The molecule has 0 spiro atoms. The molecule has 9 nitrogen and oxygen atoms in total. The summed E-state index contributed by atoms with van der Waals surface area (Å²) in [6.07, 6.45) is -3.62. The number of primary amides is 1. The molecule has 2 saturated heterocycles. The number of amides is 1. The average Bonchev–Trinajstić information content (AvgIpc) is 3.06. The summed E-state index contributed by atoms with van der Waals surface area (Å²) in [7, 11) is 0. The van der Waals surface area contributed by atoms with Crippen molar-refractivity contribution in [1.29, 1.82) is 0 Å². The summed E-state index contributed by atoms with van der Waals surface area (Å²) >= 11 is 0. The number of nitrogens with two attached hydrogens (primary N) is 2. The quantitative estimate of drug-likeness (QED) is 0.416. The highest BCUT2D eigenvalue weighted by molar-refractivity contribution is 6.06. The fourth-order valence-electron chi connectivity index (χ4n) is 6.61. The molecule has 5 N–H and O–H groups in total. The van der Waals surface area contributed by atoms with Gasteiger partial charge in [-0.1, -0.05) is 0 Å². The van der Waals surface area contributed by atoms with E-state index >= 15 is 4.39 Å². The summed E-state index contributed by atoms with van der Waals surface area (Å²) < 4.78 is 65.4. The number of pyridine rings is 3. The maximum Gasteiger partial charge on any atom is 0.418 e. The van der Waals surface area contributed by atoms with Crippen molar-refractivity contribution < 1.29 is 27.1 Å². The van der Waals surface area contributed by atoms with E-state index in [4.69, 9.17) is 16.2 Å². The molecule has 13 heteroatoms. The van der Waals surface area contributed by atoms with E-state index in [1.165, 1.54) is 6.92 Å². The monoisotopic (exact) mass is 545 g/mol. The van der Waals surface area contributed by atoms with Gasteiger partial charge in [0.25, 0.3) is 5.91 Å². The van der Waals surface area contributed by atoms with Gasteiger partial charge in [0.15, 0.2) is 5.82 Å². The normalized spacial score (nSPS) is 25.8. The number of fused-ring (bicyclic) bond motifs is 5. The van der Waals surface area contributed by atoms with Gasteiger partial charge in [0.05, 0.1) is 22.7 Å². The zero-order chi connectivity index (χ0) is 28.2. The molecular weight excluding hydrogens is 518 g/mol. The highest BCUT2D eigenvalue weighted by atomic mass is 19.4. The standard InChI is InChI=1S/C26H27F4N7O2/c1-9-15-16-23(34-19(9)22(32)38)37-8-25(4)6-5-13(36-25)21(37)11(3)39-24(16)35-20(18(15)27)12-7-14(31)33-10(2)17(12)26(28,29)30/h7,11,13,21,36H,5-6,8H2,1-4H3,(H2,31,33)(H2,32,38). The van der Waals surface area contributed by atoms with Crippen LogP contribution >= 0.6 is 0 Å². The van der Waals surface area contributed by atoms with Gasteiger partial charge in [-0.2, -0.15) is 13.2 Å². The summed E-state index contributed by atoms with van der Waals surface area (Å²) in [6.45, 7) is 7.01. The highest BCUT2D eigenvalue weighted by Gasteiger charge is 2.51. The van der Waals surface area contributed by atoms with Crippen LogP contribution in [0.4, 0.5) is 29.2 Å². The van der Waals surface area contributed by atoms with E-state index < -0.39 is 46.5 Å². The van der Waals surface area contributed by atoms with Gasteiger partial charge in [0.1, 0.15) is 29.1 Å². The van der Waals surface area contributed by atoms with Crippen LogP contribution in [0.3, 0.4) is 0 Å². The summed E-state index contributed by atoms with van der Waals surface area (Å²) in [5, 5.41) is 3.69. The number of ether oxygens (including phenoxy) is 1. The Morgan fingerprint density at radius 3 is 2.62 bits per heavy atom. The number of halogens is 4. The number of alkyl halides is 3. The van der Waals surface area contributed by atoms with Crippen molar-refractivity contribution in [3.05, 3.63) is 34.4 Å². The van der Waals surface area contributed by atoms with Crippen LogP contribution < -0.4 is 26.4 Å². The molecule has 3 aliphatic rings. The third-order valence-electron chi connectivity index (χ3n) is 8.15. The van der Waals surface area contributed by atoms with Gasteiger partial charge >= 0.3 is 6.18 Å². The van der Waals surface area contributed by atoms with Crippen LogP contribution in [0.15, 0.2) is 6.07 Å². The van der Waals surface area contributed by atoms with Gasteiger partial charge in [-0.3, -0.25) is 4.79 Å². The van der Waals surface area contributed by atoms with Gasteiger partial charge < -0.3 is 26.4 Å². The second kappa shape index (κ2) is 8.13. The lowest BCUT2D eigenvalue weighted by Gasteiger charge is -2.46. The SMILES string of the molecule is Cc1nc(N)cc(-c2nc3c4c(nc(C(N)=O)c(C)c4c2F)N2CC4(C)CCC(N4)C2C(C)O3)c1C(F)(F)F. The molecule has 3 aromatic rings. The molecule has 0 radical (unpaired) electrons. The molecule has 3 aliphatic heterocycles. The van der Waals surface area contributed by atoms with Crippen LogP contribution in [-0.2, 0) is 6.18 Å².